The van der Waals surface area contributed by atoms with Crippen molar-refractivity contribution in [3.05, 3.63) is 29.4 Å². The van der Waals surface area contributed by atoms with Crippen LogP contribution in [-0.4, -0.2) is 37.1 Å². The number of aromatic carboxylic acids is 1. The molecule has 0 aromatic carbocycles. The van der Waals surface area contributed by atoms with Crippen LogP contribution in [0.25, 0.3) is 0 Å². The lowest BCUT2D eigenvalue weighted by Crippen LogP contribution is -2.27. The molecule has 2 aromatic rings. The van der Waals surface area contributed by atoms with Gasteiger partial charge in [-0.05, 0) is 12.8 Å². The summed E-state index contributed by atoms with van der Waals surface area (Å²) >= 11 is 0. The molecule has 2 heterocycles. The van der Waals surface area contributed by atoms with E-state index in [1.165, 1.54) is 6.20 Å². The molecule has 2 N–H and O–H groups in total. The van der Waals surface area contributed by atoms with Gasteiger partial charge in [-0.3, -0.25) is 4.79 Å². The fraction of sp³-hybridized carbons (Fsp3) is 0.500. The molecular formula is C14H19N5O4. The molecule has 0 saturated carbocycles. The molecule has 0 atom stereocenters. The van der Waals surface area contributed by atoms with Crippen LogP contribution in [-0.2, 0) is 17.9 Å². The van der Waals surface area contributed by atoms with Crippen molar-refractivity contribution in [3.8, 4) is 0 Å². The molecular weight excluding hydrogens is 302 g/mol. The van der Waals surface area contributed by atoms with E-state index < -0.39 is 5.97 Å². The first kappa shape index (κ1) is 16.7. The largest absolute Gasteiger partial charge is 0.476 e. The highest BCUT2D eigenvalue weighted by Gasteiger charge is 2.14. The smallest absolute Gasteiger partial charge is 0.358 e. The molecule has 0 aliphatic heterocycles. The Kier molecular flexibility index (Phi) is 5.45. The van der Waals surface area contributed by atoms with Crippen LogP contribution in [0.3, 0.4) is 0 Å². The van der Waals surface area contributed by atoms with Gasteiger partial charge in [-0.25, -0.2) is 9.48 Å². The van der Waals surface area contributed by atoms with Crippen LogP contribution in [0.1, 0.15) is 54.5 Å². The molecule has 0 bridgehead atoms. The van der Waals surface area contributed by atoms with Crippen LogP contribution in [0.15, 0.2) is 16.8 Å². The van der Waals surface area contributed by atoms with Crippen LogP contribution >= 0.6 is 0 Å². The second-order valence-electron chi connectivity index (χ2n) is 5.11. The Bertz CT molecular complexity index is 674. The summed E-state index contributed by atoms with van der Waals surface area (Å²) in [4.78, 5) is 22.5. The van der Waals surface area contributed by atoms with E-state index in [1.54, 1.807) is 0 Å². The lowest BCUT2D eigenvalue weighted by atomic mass is 9.99. The molecule has 124 valence electrons. The van der Waals surface area contributed by atoms with Gasteiger partial charge in [0.15, 0.2) is 11.5 Å². The van der Waals surface area contributed by atoms with Gasteiger partial charge in [-0.15, -0.1) is 5.10 Å². The van der Waals surface area contributed by atoms with Crippen molar-refractivity contribution >= 4 is 11.9 Å². The number of amides is 1. The monoisotopic (exact) mass is 321 g/mol. The molecule has 9 nitrogen and oxygen atoms in total. The summed E-state index contributed by atoms with van der Waals surface area (Å²) in [5, 5.41) is 22.4. The Hall–Kier alpha value is -2.71. The van der Waals surface area contributed by atoms with Crippen LogP contribution in [0.2, 0.25) is 0 Å². The van der Waals surface area contributed by atoms with E-state index in [0.717, 1.165) is 23.2 Å². The topological polar surface area (TPSA) is 123 Å². The van der Waals surface area contributed by atoms with E-state index in [1.807, 2.05) is 6.07 Å². The van der Waals surface area contributed by atoms with E-state index >= 15 is 0 Å². The second-order valence-corrected chi connectivity index (χ2v) is 5.11. The van der Waals surface area contributed by atoms with Crippen molar-refractivity contribution in [2.45, 2.75) is 45.7 Å². The quantitative estimate of drug-likeness (QED) is 0.748. The zero-order chi connectivity index (χ0) is 16.8. The highest BCUT2D eigenvalue weighted by atomic mass is 16.5. The van der Waals surface area contributed by atoms with Crippen molar-refractivity contribution < 1.29 is 19.2 Å². The Balaban J connectivity index is 1.85. The molecule has 0 aliphatic carbocycles. The predicted octanol–water partition coefficient (Wildman–Crippen LogP) is 1.18. The average Bonchev–Trinajstić information content (AvgIpc) is 3.16. The summed E-state index contributed by atoms with van der Waals surface area (Å²) in [6.07, 6.45) is 3.15. The fourth-order valence-electron chi connectivity index (χ4n) is 2.17. The highest BCUT2D eigenvalue weighted by molar-refractivity contribution is 5.84. The van der Waals surface area contributed by atoms with Gasteiger partial charge in [0.2, 0.25) is 5.91 Å². The van der Waals surface area contributed by atoms with E-state index in [4.69, 9.17) is 9.63 Å². The van der Waals surface area contributed by atoms with Gasteiger partial charge in [0.25, 0.3) is 0 Å². The molecule has 0 spiro atoms. The number of carboxylic acids is 1. The number of nitrogens with one attached hydrogen (secondary N) is 1. The number of carboxylic acid groups (broad SMARTS) is 1. The third kappa shape index (κ3) is 4.38. The fourth-order valence-corrected chi connectivity index (χ4v) is 2.17. The Morgan fingerprint density at radius 1 is 1.39 bits per heavy atom. The molecule has 0 unspecified atom stereocenters. The van der Waals surface area contributed by atoms with E-state index in [0.29, 0.717) is 11.7 Å². The normalized spacial score (nSPS) is 10.9. The van der Waals surface area contributed by atoms with Crippen molar-refractivity contribution in [1.82, 2.24) is 25.5 Å². The van der Waals surface area contributed by atoms with Crippen molar-refractivity contribution in [2.75, 3.05) is 0 Å². The van der Waals surface area contributed by atoms with Gasteiger partial charge < -0.3 is 14.9 Å². The first-order valence-electron chi connectivity index (χ1n) is 7.39. The number of hydrogen-bond acceptors (Lipinski definition) is 6. The first-order chi connectivity index (χ1) is 11.0. The van der Waals surface area contributed by atoms with Crippen molar-refractivity contribution in [3.63, 3.8) is 0 Å². The molecule has 1 amide bonds. The summed E-state index contributed by atoms with van der Waals surface area (Å²) in [5.41, 5.74) is 0.685. The van der Waals surface area contributed by atoms with E-state index in [2.05, 4.69) is 34.6 Å². The Morgan fingerprint density at radius 3 is 2.74 bits per heavy atom. The summed E-state index contributed by atoms with van der Waals surface area (Å²) in [5.74, 6) is -0.586. The zero-order valence-corrected chi connectivity index (χ0v) is 13.0. The Morgan fingerprint density at radius 2 is 2.13 bits per heavy atom. The lowest BCUT2D eigenvalue weighted by molar-refractivity contribution is -0.122. The Labute approximate surface area is 132 Å². The van der Waals surface area contributed by atoms with E-state index in [9.17, 15) is 9.59 Å². The molecule has 0 radical (unpaired) electrons. The summed E-state index contributed by atoms with van der Waals surface area (Å²) in [6.45, 7) is 4.28. The third-order valence-electron chi connectivity index (χ3n) is 3.50. The van der Waals surface area contributed by atoms with Gasteiger partial charge in [-0.2, -0.15) is 0 Å². The van der Waals surface area contributed by atoms with Gasteiger partial charge in [-0.1, -0.05) is 24.2 Å². The second kappa shape index (κ2) is 7.52. The molecule has 0 saturated heterocycles. The number of rotatable bonds is 8. The van der Waals surface area contributed by atoms with E-state index in [-0.39, 0.29) is 24.7 Å². The third-order valence-corrected chi connectivity index (χ3v) is 3.50. The number of carbonyl (C=O) groups is 2. The van der Waals surface area contributed by atoms with Gasteiger partial charge in [0, 0.05) is 12.0 Å². The van der Waals surface area contributed by atoms with Crippen LogP contribution < -0.4 is 5.32 Å². The summed E-state index contributed by atoms with van der Waals surface area (Å²) in [6, 6.07) is 1.84. The standard InChI is InChI=1S/C14H19N5O4/c1-3-9(4-2)11-5-10(23-17-11)6-15-13(20)8-19-7-12(14(21)22)16-18-19/h5,7,9H,3-4,6,8H2,1-2H3,(H,15,20)(H,21,22). The number of carbonyl (C=O) groups excluding carboxylic acids is 1. The highest BCUT2D eigenvalue weighted by Crippen LogP contribution is 2.22. The SMILES string of the molecule is CCC(CC)c1cc(CNC(=O)Cn2cc(C(=O)O)nn2)on1. The van der Waals surface area contributed by atoms with Gasteiger partial charge >= 0.3 is 5.97 Å². The number of nitrogens with zero attached hydrogens (tertiary/aromatic N) is 4. The maximum atomic E-state index is 11.8. The summed E-state index contributed by atoms with van der Waals surface area (Å²) in [7, 11) is 0. The minimum Gasteiger partial charge on any atom is -0.476 e. The first-order valence-corrected chi connectivity index (χ1v) is 7.39. The number of hydrogen-bond donors (Lipinski definition) is 2. The lowest BCUT2D eigenvalue weighted by Gasteiger charge is -2.06. The average molecular weight is 321 g/mol. The van der Waals surface area contributed by atoms with Crippen LogP contribution in [0.4, 0.5) is 0 Å². The maximum Gasteiger partial charge on any atom is 0.358 e. The van der Waals surface area contributed by atoms with Crippen LogP contribution in [0.5, 0.6) is 0 Å². The zero-order valence-electron chi connectivity index (χ0n) is 13.0. The summed E-state index contributed by atoms with van der Waals surface area (Å²) < 4.78 is 6.37. The number of aromatic nitrogens is 4. The minimum atomic E-state index is -1.19. The maximum absolute atomic E-state index is 11.8. The molecule has 9 heteroatoms. The van der Waals surface area contributed by atoms with Crippen molar-refractivity contribution in [1.29, 1.82) is 0 Å². The van der Waals surface area contributed by atoms with Crippen molar-refractivity contribution in [2.24, 2.45) is 0 Å². The minimum absolute atomic E-state index is 0.117. The van der Waals surface area contributed by atoms with Crippen LogP contribution in [0, 0.1) is 0 Å². The molecule has 2 aromatic heterocycles. The van der Waals surface area contributed by atoms with Gasteiger partial charge in [0.05, 0.1) is 18.4 Å². The molecule has 23 heavy (non-hydrogen) atoms. The molecule has 0 fully saturated rings. The molecule has 0 aliphatic rings. The molecule has 2 rings (SSSR count). The predicted molar refractivity (Wildman–Crippen MR) is 78.7 cm³/mol. The van der Waals surface area contributed by atoms with Gasteiger partial charge in [0.1, 0.15) is 6.54 Å².